The number of furan rings is 1. The van der Waals surface area contributed by atoms with E-state index in [2.05, 4.69) is 0 Å². The number of carbonyl (C=O) groups excluding carboxylic acids is 2. The molecule has 1 fully saturated rings. The van der Waals surface area contributed by atoms with Crippen LogP contribution in [0.2, 0.25) is 0 Å². The highest BCUT2D eigenvalue weighted by Crippen LogP contribution is 2.41. The van der Waals surface area contributed by atoms with E-state index in [9.17, 15) is 14.7 Å². The average Bonchev–Trinajstić information content (AvgIpc) is 3.39. The zero-order valence-electron chi connectivity index (χ0n) is 19.8. The standard InChI is InChI=1S/C25H30N2O7/c1-4-33-18-8-6-17(15-20(18)31-3)22-21(23(28)19-7-5-16(2)34-19)24(29)25(30)27(22)10-9-26-11-13-32-14-12-26/h5-8,15,22,29H,4,9-14H2,1-3H3/p+1/t22-/m0/s1. The Morgan fingerprint density at radius 1 is 1.21 bits per heavy atom. The predicted molar refractivity (Wildman–Crippen MR) is 122 cm³/mol. The fourth-order valence-electron chi connectivity index (χ4n) is 4.47. The van der Waals surface area contributed by atoms with Crippen LogP contribution in [0.25, 0.3) is 0 Å². The van der Waals surface area contributed by atoms with Gasteiger partial charge in [-0.1, -0.05) is 6.07 Å². The zero-order chi connectivity index (χ0) is 24.2. The fraction of sp³-hybridized carbons (Fsp3) is 0.440. The molecule has 1 atom stereocenters. The third-order valence-corrected chi connectivity index (χ3v) is 6.22. The van der Waals surface area contributed by atoms with Crippen molar-refractivity contribution in [1.82, 2.24) is 4.90 Å². The number of aliphatic hydroxyl groups excluding tert-OH is 1. The molecule has 2 aliphatic rings. The Hall–Kier alpha value is -3.30. The van der Waals surface area contributed by atoms with E-state index in [1.807, 2.05) is 6.92 Å². The molecule has 1 aromatic heterocycles. The Labute approximate surface area is 198 Å². The van der Waals surface area contributed by atoms with Gasteiger partial charge in [0.2, 0.25) is 5.78 Å². The van der Waals surface area contributed by atoms with E-state index >= 15 is 0 Å². The number of carbonyl (C=O) groups is 2. The lowest BCUT2D eigenvalue weighted by molar-refractivity contribution is -0.907. The number of morpholine rings is 1. The Morgan fingerprint density at radius 2 is 1.97 bits per heavy atom. The topological polar surface area (TPSA) is 103 Å². The Balaban J connectivity index is 1.71. The average molecular weight is 472 g/mol. The number of amides is 1. The zero-order valence-corrected chi connectivity index (χ0v) is 19.8. The van der Waals surface area contributed by atoms with Crippen LogP contribution in [0, 0.1) is 6.92 Å². The Kier molecular flexibility index (Phi) is 7.23. The van der Waals surface area contributed by atoms with Gasteiger partial charge in [-0.25, -0.2) is 0 Å². The number of ketones is 1. The van der Waals surface area contributed by atoms with E-state index in [1.54, 1.807) is 42.2 Å². The molecule has 0 spiro atoms. The molecule has 0 unspecified atom stereocenters. The highest BCUT2D eigenvalue weighted by atomic mass is 16.5. The number of Topliss-reactive ketones (excluding diaryl/α,β-unsaturated/α-hetero) is 1. The normalized spacial score (nSPS) is 19.1. The van der Waals surface area contributed by atoms with Crippen molar-refractivity contribution in [2.75, 3.05) is 53.1 Å². The molecule has 4 rings (SSSR count). The summed E-state index contributed by atoms with van der Waals surface area (Å²) in [7, 11) is 1.53. The number of aliphatic hydroxyl groups is 1. The van der Waals surface area contributed by atoms with Crippen LogP contribution < -0.4 is 14.4 Å². The summed E-state index contributed by atoms with van der Waals surface area (Å²) < 4.78 is 22.1. The van der Waals surface area contributed by atoms with Gasteiger partial charge < -0.3 is 33.5 Å². The van der Waals surface area contributed by atoms with Gasteiger partial charge in [-0.3, -0.25) is 9.59 Å². The quantitative estimate of drug-likeness (QED) is 0.534. The number of nitrogens with zero attached hydrogens (tertiary/aromatic N) is 1. The molecule has 2 aromatic rings. The van der Waals surface area contributed by atoms with Crippen LogP contribution in [-0.4, -0.2) is 74.8 Å². The maximum absolute atomic E-state index is 13.4. The largest absolute Gasteiger partial charge is 0.503 e. The van der Waals surface area contributed by atoms with Crippen LogP contribution in [-0.2, 0) is 9.53 Å². The van der Waals surface area contributed by atoms with Crippen LogP contribution in [0.3, 0.4) is 0 Å². The predicted octanol–water partition coefficient (Wildman–Crippen LogP) is 1.49. The molecule has 182 valence electrons. The molecule has 0 bridgehead atoms. The molecule has 34 heavy (non-hydrogen) atoms. The lowest BCUT2D eigenvalue weighted by atomic mass is 9.94. The fourth-order valence-corrected chi connectivity index (χ4v) is 4.47. The molecule has 1 aromatic carbocycles. The Bertz CT molecular complexity index is 1080. The van der Waals surface area contributed by atoms with Gasteiger partial charge in [0.15, 0.2) is 23.0 Å². The number of hydrogen-bond acceptors (Lipinski definition) is 7. The molecule has 1 amide bonds. The summed E-state index contributed by atoms with van der Waals surface area (Å²) in [5.41, 5.74) is 0.642. The molecule has 3 heterocycles. The van der Waals surface area contributed by atoms with Crippen molar-refractivity contribution in [2.45, 2.75) is 19.9 Å². The van der Waals surface area contributed by atoms with Crippen LogP contribution in [0.4, 0.5) is 0 Å². The van der Waals surface area contributed by atoms with Crippen molar-refractivity contribution < 1.29 is 38.2 Å². The monoisotopic (exact) mass is 471 g/mol. The van der Waals surface area contributed by atoms with Gasteiger partial charge in [0.1, 0.15) is 18.8 Å². The number of aryl methyl sites for hydroxylation is 1. The summed E-state index contributed by atoms with van der Waals surface area (Å²) in [4.78, 5) is 29.4. The molecule has 2 N–H and O–H groups in total. The summed E-state index contributed by atoms with van der Waals surface area (Å²) in [6.45, 7) is 8.16. The van der Waals surface area contributed by atoms with Gasteiger partial charge in [0, 0.05) is 0 Å². The first kappa shape index (κ1) is 23.8. The van der Waals surface area contributed by atoms with Gasteiger partial charge in [0.05, 0.1) is 51.6 Å². The summed E-state index contributed by atoms with van der Waals surface area (Å²) >= 11 is 0. The molecule has 1 saturated heterocycles. The third kappa shape index (κ3) is 4.67. The minimum absolute atomic E-state index is 0.00235. The number of benzene rings is 1. The van der Waals surface area contributed by atoms with Crippen LogP contribution >= 0.6 is 0 Å². The second kappa shape index (κ2) is 10.3. The molecule has 9 heteroatoms. The molecule has 9 nitrogen and oxygen atoms in total. The molecule has 2 aliphatic heterocycles. The van der Waals surface area contributed by atoms with E-state index in [0.717, 1.165) is 13.1 Å². The summed E-state index contributed by atoms with van der Waals surface area (Å²) in [6.07, 6.45) is 0. The van der Waals surface area contributed by atoms with E-state index in [4.69, 9.17) is 18.6 Å². The highest BCUT2D eigenvalue weighted by molar-refractivity contribution is 6.15. The van der Waals surface area contributed by atoms with Gasteiger partial charge in [-0.2, -0.15) is 0 Å². The minimum atomic E-state index is -0.782. The first-order valence-corrected chi connectivity index (χ1v) is 11.5. The third-order valence-electron chi connectivity index (χ3n) is 6.22. The molecule has 0 radical (unpaired) electrons. The lowest BCUT2D eigenvalue weighted by Gasteiger charge is -2.30. The molecule has 0 aliphatic carbocycles. The summed E-state index contributed by atoms with van der Waals surface area (Å²) in [5, 5.41) is 10.8. The number of nitrogens with one attached hydrogen (secondary N) is 1. The minimum Gasteiger partial charge on any atom is -0.503 e. The molecular weight excluding hydrogens is 440 g/mol. The maximum Gasteiger partial charge on any atom is 0.290 e. The second-order valence-electron chi connectivity index (χ2n) is 8.36. The number of rotatable bonds is 9. The van der Waals surface area contributed by atoms with Crippen LogP contribution in [0.15, 0.2) is 46.1 Å². The van der Waals surface area contributed by atoms with Crippen molar-refractivity contribution in [1.29, 1.82) is 0 Å². The lowest BCUT2D eigenvalue weighted by Crippen LogP contribution is -3.14. The van der Waals surface area contributed by atoms with E-state index in [1.165, 1.54) is 12.0 Å². The van der Waals surface area contributed by atoms with E-state index < -0.39 is 23.5 Å². The van der Waals surface area contributed by atoms with Crippen LogP contribution in [0.5, 0.6) is 11.5 Å². The first-order chi connectivity index (χ1) is 16.4. The maximum atomic E-state index is 13.4. The van der Waals surface area contributed by atoms with Crippen molar-refractivity contribution in [2.24, 2.45) is 0 Å². The summed E-state index contributed by atoms with van der Waals surface area (Å²) in [6, 6.07) is 7.74. The first-order valence-electron chi connectivity index (χ1n) is 11.5. The number of methoxy groups -OCH3 is 1. The van der Waals surface area contributed by atoms with Crippen LogP contribution in [0.1, 0.15) is 34.8 Å². The van der Waals surface area contributed by atoms with Crippen molar-refractivity contribution in [3.8, 4) is 11.5 Å². The van der Waals surface area contributed by atoms with E-state index in [-0.39, 0.29) is 11.3 Å². The van der Waals surface area contributed by atoms with Crippen molar-refractivity contribution in [3.63, 3.8) is 0 Å². The SMILES string of the molecule is CCOc1ccc([C@H]2C(C(=O)c3ccc(C)o3)=C(O)C(=O)N2CC[NH+]2CCOCC2)cc1OC. The van der Waals surface area contributed by atoms with Crippen molar-refractivity contribution >= 4 is 11.7 Å². The Morgan fingerprint density at radius 3 is 2.62 bits per heavy atom. The van der Waals surface area contributed by atoms with Gasteiger partial charge in [0.25, 0.3) is 5.91 Å². The smallest absolute Gasteiger partial charge is 0.290 e. The molecular formula is C25H31N2O7+. The van der Waals surface area contributed by atoms with E-state index in [0.29, 0.717) is 55.7 Å². The van der Waals surface area contributed by atoms with Gasteiger partial charge in [-0.05, 0) is 43.7 Å². The van der Waals surface area contributed by atoms with Crippen molar-refractivity contribution in [3.05, 3.63) is 58.7 Å². The number of quaternary nitrogens is 1. The highest BCUT2D eigenvalue weighted by Gasteiger charge is 2.45. The summed E-state index contributed by atoms with van der Waals surface area (Å²) in [5.74, 6) is 0.0574. The van der Waals surface area contributed by atoms with Gasteiger partial charge in [-0.15, -0.1) is 0 Å². The second-order valence-corrected chi connectivity index (χ2v) is 8.36. The van der Waals surface area contributed by atoms with Gasteiger partial charge >= 0.3 is 0 Å². The number of ether oxygens (including phenoxy) is 3. The molecule has 0 saturated carbocycles. The number of hydrogen-bond donors (Lipinski definition) is 2.